The van der Waals surface area contributed by atoms with Gasteiger partial charge < -0.3 is 15.0 Å². The Kier molecular flexibility index (Phi) is 5.47. The van der Waals surface area contributed by atoms with Crippen molar-refractivity contribution in [3.8, 4) is 0 Å². The van der Waals surface area contributed by atoms with Gasteiger partial charge in [-0.1, -0.05) is 58.4 Å². The summed E-state index contributed by atoms with van der Waals surface area (Å²) < 4.78 is 0.795. The Bertz CT molecular complexity index is 1220. The molecule has 0 spiro atoms. The average Bonchev–Trinajstić information content (AvgIpc) is 3.63. The van der Waals surface area contributed by atoms with Gasteiger partial charge in [0.05, 0.1) is 23.2 Å². The number of hydrogen-bond acceptors (Lipinski definition) is 4. The Morgan fingerprint density at radius 3 is 2.66 bits per heavy atom. The van der Waals surface area contributed by atoms with E-state index in [0.29, 0.717) is 30.5 Å². The van der Waals surface area contributed by atoms with Crippen molar-refractivity contribution in [1.29, 1.82) is 0 Å². The fourth-order valence-electron chi connectivity index (χ4n) is 4.57. The summed E-state index contributed by atoms with van der Waals surface area (Å²) in [5, 5.41) is 10.6. The normalized spacial score (nSPS) is 17.9. The number of aryl methyl sites for hydroxylation is 1. The Hall–Kier alpha value is -2.77. The first kappa shape index (κ1) is 21.1. The molecule has 3 aromatic rings. The second kappa shape index (κ2) is 8.30. The van der Waals surface area contributed by atoms with Crippen molar-refractivity contribution >= 4 is 21.8 Å². The van der Waals surface area contributed by atoms with Crippen LogP contribution in [0.5, 0.6) is 0 Å². The molecule has 1 aliphatic carbocycles. The number of aromatic nitrogens is 2. The molecule has 1 aromatic heterocycles. The highest BCUT2D eigenvalue weighted by atomic mass is 79.9. The van der Waals surface area contributed by atoms with Gasteiger partial charge in [-0.25, -0.2) is 4.98 Å². The molecule has 0 saturated heterocycles. The fourth-order valence-corrected chi connectivity index (χ4v) is 4.99. The predicted molar refractivity (Wildman–Crippen MR) is 124 cm³/mol. The summed E-state index contributed by atoms with van der Waals surface area (Å²) in [7, 11) is 0. The smallest absolute Gasteiger partial charge is 0.256 e. The Morgan fingerprint density at radius 2 is 1.94 bits per heavy atom. The van der Waals surface area contributed by atoms with Crippen LogP contribution in [-0.4, -0.2) is 32.4 Å². The second-order valence-electron chi connectivity index (χ2n) is 8.61. The summed E-state index contributed by atoms with van der Waals surface area (Å²) in [5.74, 6) is 0.323. The minimum Gasteiger partial charge on any atom is -0.378 e. The van der Waals surface area contributed by atoms with Gasteiger partial charge in [0.15, 0.2) is 6.10 Å². The molecule has 164 valence electrons. The number of amides is 1. The van der Waals surface area contributed by atoms with Crippen molar-refractivity contribution in [1.82, 2.24) is 14.9 Å². The van der Waals surface area contributed by atoms with E-state index < -0.39 is 12.0 Å². The van der Waals surface area contributed by atoms with Crippen LogP contribution in [0.25, 0.3) is 0 Å². The van der Waals surface area contributed by atoms with Crippen LogP contribution in [0.2, 0.25) is 0 Å². The molecule has 2 N–H and O–H groups in total. The SMILES string of the molecule is O=C([C@@H](O)c1cccc(Br)c1)N1CCCc2nc(C3(c4ccccc4)CC3)[nH]c(=O)c2C1. The van der Waals surface area contributed by atoms with E-state index in [-0.39, 0.29) is 17.5 Å². The van der Waals surface area contributed by atoms with E-state index in [4.69, 9.17) is 4.98 Å². The zero-order valence-electron chi connectivity index (χ0n) is 17.6. The third-order valence-electron chi connectivity index (χ3n) is 6.53. The molecular formula is C25H24BrN3O3. The molecule has 2 heterocycles. The Balaban J connectivity index is 1.43. The van der Waals surface area contributed by atoms with Gasteiger partial charge in [0.25, 0.3) is 11.5 Å². The van der Waals surface area contributed by atoms with Gasteiger partial charge >= 0.3 is 0 Å². The number of aliphatic hydroxyl groups is 1. The number of aromatic amines is 1. The molecule has 32 heavy (non-hydrogen) atoms. The first-order chi connectivity index (χ1) is 15.5. The quantitative estimate of drug-likeness (QED) is 0.580. The second-order valence-corrected chi connectivity index (χ2v) is 9.52. The van der Waals surface area contributed by atoms with Gasteiger partial charge in [-0.2, -0.15) is 0 Å². The highest BCUT2D eigenvalue weighted by Gasteiger charge is 2.48. The van der Waals surface area contributed by atoms with Gasteiger partial charge in [-0.15, -0.1) is 0 Å². The van der Waals surface area contributed by atoms with Crippen LogP contribution in [0.15, 0.2) is 63.9 Å². The van der Waals surface area contributed by atoms with E-state index in [1.165, 1.54) is 5.56 Å². The van der Waals surface area contributed by atoms with Crippen molar-refractivity contribution < 1.29 is 9.90 Å². The lowest BCUT2D eigenvalue weighted by Crippen LogP contribution is -2.36. The standard InChI is InChI=1S/C25H24BrN3O3/c26-18-9-4-6-16(14-18)21(30)23(32)29-13-5-10-20-19(15-29)22(31)28-24(27-20)25(11-12-25)17-7-2-1-3-8-17/h1-4,6-9,14,21,30H,5,10-13,15H2,(H,27,28,31)/t21-/m0/s1. The maximum absolute atomic E-state index is 13.1. The minimum atomic E-state index is -1.27. The molecule has 6 nitrogen and oxygen atoms in total. The van der Waals surface area contributed by atoms with Crippen LogP contribution >= 0.6 is 15.9 Å². The summed E-state index contributed by atoms with van der Waals surface area (Å²) in [6, 6.07) is 17.3. The molecular weight excluding hydrogens is 470 g/mol. The van der Waals surface area contributed by atoms with Crippen molar-refractivity contribution in [3.63, 3.8) is 0 Å². The molecule has 2 aliphatic rings. The molecule has 1 amide bonds. The van der Waals surface area contributed by atoms with E-state index in [1.54, 1.807) is 23.1 Å². The maximum Gasteiger partial charge on any atom is 0.256 e. The first-order valence-corrected chi connectivity index (χ1v) is 11.7. The first-order valence-electron chi connectivity index (χ1n) is 10.9. The lowest BCUT2D eigenvalue weighted by molar-refractivity contribution is -0.141. The van der Waals surface area contributed by atoms with E-state index >= 15 is 0 Å². The van der Waals surface area contributed by atoms with Gasteiger partial charge in [-0.05, 0) is 48.9 Å². The van der Waals surface area contributed by atoms with Crippen LogP contribution in [0.4, 0.5) is 0 Å². The number of fused-ring (bicyclic) bond motifs is 1. The average molecular weight is 494 g/mol. The summed E-state index contributed by atoms with van der Waals surface area (Å²) in [5.41, 5.74) is 2.57. The number of halogens is 1. The third kappa shape index (κ3) is 3.80. The number of nitrogens with one attached hydrogen (secondary N) is 1. The molecule has 1 atom stereocenters. The molecule has 0 bridgehead atoms. The molecule has 0 radical (unpaired) electrons. The highest BCUT2D eigenvalue weighted by Crippen LogP contribution is 2.51. The minimum absolute atomic E-state index is 0.153. The fraction of sp³-hybridized carbons (Fsp3) is 0.320. The molecule has 1 saturated carbocycles. The number of rotatable bonds is 4. The van der Waals surface area contributed by atoms with Gasteiger partial charge in [0.1, 0.15) is 5.82 Å². The third-order valence-corrected chi connectivity index (χ3v) is 7.02. The molecule has 1 fully saturated rings. The van der Waals surface area contributed by atoms with Crippen LogP contribution in [0.3, 0.4) is 0 Å². The number of hydrogen-bond donors (Lipinski definition) is 2. The van der Waals surface area contributed by atoms with Crippen molar-refractivity contribution in [2.45, 2.75) is 43.7 Å². The summed E-state index contributed by atoms with van der Waals surface area (Å²) in [6.07, 6.45) is 1.98. The maximum atomic E-state index is 13.1. The van der Waals surface area contributed by atoms with Crippen molar-refractivity contribution in [2.75, 3.05) is 6.54 Å². The molecule has 2 aromatic carbocycles. The molecule has 7 heteroatoms. The summed E-state index contributed by atoms with van der Waals surface area (Å²) in [4.78, 5) is 35.6. The monoisotopic (exact) mass is 493 g/mol. The number of nitrogens with zero attached hydrogens (tertiary/aromatic N) is 2. The highest BCUT2D eigenvalue weighted by molar-refractivity contribution is 9.10. The summed E-state index contributed by atoms with van der Waals surface area (Å²) >= 11 is 3.37. The van der Waals surface area contributed by atoms with Gasteiger partial charge in [0, 0.05) is 11.0 Å². The van der Waals surface area contributed by atoms with E-state index in [0.717, 1.165) is 28.8 Å². The number of carbonyl (C=O) groups is 1. The number of H-pyrrole nitrogens is 1. The van der Waals surface area contributed by atoms with Crippen molar-refractivity contribution in [3.05, 3.63) is 97.6 Å². The summed E-state index contributed by atoms with van der Waals surface area (Å²) in [6.45, 7) is 0.624. The molecule has 0 unspecified atom stereocenters. The predicted octanol–water partition coefficient (Wildman–Crippen LogP) is 3.62. The number of carbonyl (C=O) groups excluding carboxylic acids is 1. The van der Waals surface area contributed by atoms with Gasteiger partial charge in [0.2, 0.25) is 0 Å². The molecule has 1 aliphatic heterocycles. The number of benzene rings is 2. The van der Waals surface area contributed by atoms with Crippen LogP contribution in [-0.2, 0) is 23.2 Å². The Morgan fingerprint density at radius 1 is 1.16 bits per heavy atom. The van der Waals surface area contributed by atoms with Gasteiger partial charge in [-0.3, -0.25) is 9.59 Å². The molecule has 5 rings (SSSR count). The van der Waals surface area contributed by atoms with E-state index in [1.807, 2.05) is 24.3 Å². The van der Waals surface area contributed by atoms with E-state index in [2.05, 4.69) is 33.0 Å². The Labute approximate surface area is 194 Å². The van der Waals surface area contributed by atoms with Crippen LogP contribution in [0, 0.1) is 0 Å². The van der Waals surface area contributed by atoms with Crippen molar-refractivity contribution in [2.24, 2.45) is 0 Å². The topological polar surface area (TPSA) is 86.3 Å². The van der Waals surface area contributed by atoms with E-state index in [9.17, 15) is 14.7 Å². The lowest BCUT2D eigenvalue weighted by Gasteiger charge is -2.24. The van der Waals surface area contributed by atoms with Crippen LogP contribution in [0.1, 0.15) is 53.6 Å². The largest absolute Gasteiger partial charge is 0.378 e. The number of aliphatic hydroxyl groups excluding tert-OH is 1. The zero-order valence-corrected chi connectivity index (χ0v) is 19.1. The lowest BCUT2D eigenvalue weighted by atomic mass is 9.94. The van der Waals surface area contributed by atoms with Crippen LogP contribution < -0.4 is 5.56 Å². The zero-order chi connectivity index (χ0) is 22.3.